The predicted molar refractivity (Wildman–Crippen MR) is 91.7 cm³/mol. The van der Waals surface area contributed by atoms with Gasteiger partial charge in [0.15, 0.2) is 0 Å². The van der Waals surface area contributed by atoms with Crippen molar-refractivity contribution in [2.24, 2.45) is 5.92 Å². The molecule has 4 heteroatoms. The average molecular weight is 350 g/mol. The first-order valence-electron chi connectivity index (χ1n) is 7.43. The van der Waals surface area contributed by atoms with E-state index in [0.717, 1.165) is 29.7 Å². The molecule has 0 radical (unpaired) electrons. The van der Waals surface area contributed by atoms with Crippen LogP contribution >= 0.6 is 15.9 Å². The number of nitrogens with zero attached hydrogens (tertiary/aromatic N) is 2. The highest BCUT2D eigenvalue weighted by molar-refractivity contribution is 9.10. The highest BCUT2D eigenvalue weighted by atomic mass is 79.9. The van der Waals surface area contributed by atoms with Crippen molar-refractivity contribution in [1.82, 2.24) is 15.1 Å². The number of halogens is 1. The highest BCUT2D eigenvalue weighted by Gasteiger charge is 2.14. The minimum absolute atomic E-state index is 0.623. The van der Waals surface area contributed by atoms with Gasteiger partial charge in [0, 0.05) is 10.2 Å². The monoisotopic (exact) mass is 349 g/mol. The molecule has 0 amide bonds. The maximum atomic E-state index is 4.73. The first kappa shape index (κ1) is 16.2. The van der Waals surface area contributed by atoms with E-state index >= 15 is 0 Å². The summed E-state index contributed by atoms with van der Waals surface area (Å²) in [5.74, 6) is 0.623. The molecule has 1 unspecified atom stereocenters. The third kappa shape index (κ3) is 4.17. The van der Waals surface area contributed by atoms with Crippen LogP contribution in [0.4, 0.5) is 0 Å². The van der Waals surface area contributed by atoms with Crippen molar-refractivity contribution in [1.29, 1.82) is 0 Å². The van der Waals surface area contributed by atoms with Crippen molar-refractivity contribution < 1.29 is 0 Å². The van der Waals surface area contributed by atoms with E-state index in [1.54, 1.807) is 0 Å². The third-order valence-electron chi connectivity index (χ3n) is 3.88. The molecule has 1 aromatic heterocycles. The molecule has 1 N–H and O–H groups in total. The number of nitrogens with one attached hydrogen (secondary N) is 1. The quantitative estimate of drug-likeness (QED) is 0.861. The Morgan fingerprint density at radius 1 is 1.24 bits per heavy atom. The lowest BCUT2D eigenvalue weighted by molar-refractivity contribution is 0.538. The third-order valence-corrected chi connectivity index (χ3v) is 4.41. The molecular weight excluding hydrogens is 326 g/mol. The van der Waals surface area contributed by atoms with Crippen LogP contribution in [0.2, 0.25) is 0 Å². The zero-order valence-electron chi connectivity index (χ0n) is 13.3. The number of hydrogen-bond donors (Lipinski definition) is 1. The van der Waals surface area contributed by atoms with Gasteiger partial charge < -0.3 is 5.32 Å². The summed E-state index contributed by atoms with van der Waals surface area (Å²) < 4.78 is 3.24. The fourth-order valence-corrected chi connectivity index (χ4v) is 2.98. The predicted octanol–water partition coefficient (Wildman–Crippen LogP) is 3.71. The van der Waals surface area contributed by atoms with E-state index in [9.17, 15) is 0 Å². The van der Waals surface area contributed by atoms with E-state index in [4.69, 9.17) is 5.10 Å². The van der Waals surface area contributed by atoms with E-state index in [1.807, 2.05) is 7.05 Å². The highest BCUT2D eigenvalue weighted by Crippen LogP contribution is 2.19. The van der Waals surface area contributed by atoms with Crippen LogP contribution < -0.4 is 5.32 Å². The fraction of sp³-hybridized carbons (Fsp3) is 0.471. The number of aromatic nitrogens is 2. The van der Waals surface area contributed by atoms with Gasteiger partial charge in [0.1, 0.15) is 0 Å². The summed E-state index contributed by atoms with van der Waals surface area (Å²) in [6.45, 7) is 8.45. The van der Waals surface area contributed by atoms with Gasteiger partial charge in [0.25, 0.3) is 0 Å². The molecule has 1 aromatic carbocycles. The number of benzene rings is 1. The lowest BCUT2D eigenvalue weighted by Gasteiger charge is -2.11. The number of aryl methyl sites for hydroxylation is 1. The fourth-order valence-electron chi connectivity index (χ4n) is 2.72. The van der Waals surface area contributed by atoms with Crippen LogP contribution in [-0.2, 0) is 13.0 Å². The van der Waals surface area contributed by atoms with E-state index in [2.05, 4.69) is 71.0 Å². The van der Waals surface area contributed by atoms with Gasteiger partial charge in [-0.05, 0) is 63.0 Å². The van der Waals surface area contributed by atoms with Gasteiger partial charge >= 0.3 is 0 Å². The molecule has 21 heavy (non-hydrogen) atoms. The van der Waals surface area contributed by atoms with Gasteiger partial charge in [0.2, 0.25) is 0 Å². The van der Waals surface area contributed by atoms with Crippen LogP contribution in [0.15, 0.2) is 28.7 Å². The standard InChI is InChI=1S/C17H24BrN3/c1-12(10-19-4)9-17-13(2)20-21(14(17)3)11-15-5-7-16(18)8-6-15/h5-8,12,19H,9-11H2,1-4H3. The Hall–Kier alpha value is -1.13. The van der Waals surface area contributed by atoms with E-state index in [0.29, 0.717) is 5.92 Å². The summed E-state index contributed by atoms with van der Waals surface area (Å²) in [6, 6.07) is 8.45. The Morgan fingerprint density at radius 3 is 2.52 bits per heavy atom. The molecule has 0 fully saturated rings. The van der Waals surface area contributed by atoms with Crippen molar-refractivity contribution in [2.75, 3.05) is 13.6 Å². The molecular formula is C17H24BrN3. The minimum atomic E-state index is 0.623. The van der Waals surface area contributed by atoms with Gasteiger partial charge in [0.05, 0.1) is 12.2 Å². The molecule has 3 nitrogen and oxygen atoms in total. The summed E-state index contributed by atoms with van der Waals surface area (Å²) in [6.07, 6.45) is 1.08. The zero-order valence-corrected chi connectivity index (χ0v) is 14.9. The van der Waals surface area contributed by atoms with Crippen LogP contribution in [0.5, 0.6) is 0 Å². The Morgan fingerprint density at radius 2 is 1.90 bits per heavy atom. The maximum Gasteiger partial charge on any atom is 0.0662 e. The van der Waals surface area contributed by atoms with Gasteiger partial charge in [-0.15, -0.1) is 0 Å². The van der Waals surface area contributed by atoms with Crippen LogP contribution in [0, 0.1) is 19.8 Å². The summed E-state index contributed by atoms with van der Waals surface area (Å²) in [5.41, 5.74) is 5.12. The van der Waals surface area contributed by atoms with Crippen LogP contribution in [-0.4, -0.2) is 23.4 Å². The van der Waals surface area contributed by atoms with Gasteiger partial charge in [-0.1, -0.05) is 35.0 Å². The molecule has 0 saturated heterocycles. The van der Waals surface area contributed by atoms with Crippen molar-refractivity contribution in [3.63, 3.8) is 0 Å². The molecule has 0 saturated carbocycles. The van der Waals surface area contributed by atoms with Crippen molar-refractivity contribution in [2.45, 2.75) is 33.7 Å². The summed E-state index contributed by atoms with van der Waals surface area (Å²) in [7, 11) is 2.01. The van der Waals surface area contributed by atoms with E-state index in [1.165, 1.54) is 16.8 Å². The molecule has 0 aliphatic carbocycles. The van der Waals surface area contributed by atoms with Crippen molar-refractivity contribution in [3.8, 4) is 0 Å². The average Bonchev–Trinajstić information content (AvgIpc) is 2.69. The molecule has 2 rings (SSSR count). The van der Waals surface area contributed by atoms with Gasteiger partial charge in [-0.25, -0.2) is 0 Å². The largest absolute Gasteiger partial charge is 0.319 e. The smallest absolute Gasteiger partial charge is 0.0662 e. The molecule has 2 aromatic rings. The molecule has 0 aliphatic heterocycles. The molecule has 0 aliphatic rings. The lowest BCUT2D eigenvalue weighted by Crippen LogP contribution is -2.18. The summed E-state index contributed by atoms with van der Waals surface area (Å²) >= 11 is 3.47. The second-order valence-corrected chi connectivity index (χ2v) is 6.72. The number of hydrogen-bond acceptors (Lipinski definition) is 2. The van der Waals surface area contributed by atoms with Gasteiger partial charge in [-0.3, -0.25) is 4.68 Å². The van der Waals surface area contributed by atoms with Crippen molar-refractivity contribution in [3.05, 3.63) is 51.3 Å². The molecule has 0 bridgehead atoms. The first-order chi connectivity index (χ1) is 10.0. The van der Waals surface area contributed by atoms with Crippen LogP contribution in [0.25, 0.3) is 0 Å². The maximum absolute atomic E-state index is 4.73. The molecule has 1 atom stereocenters. The normalized spacial score (nSPS) is 12.6. The Balaban J connectivity index is 2.16. The van der Waals surface area contributed by atoms with Crippen LogP contribution in [0.1, 0.15) is 29.4 Å². The first-order valence-corrected chi connectivity index (χ1v) is 8.22. The van der Waals surface area contributed by atoms with Gasteiger partial charge in [-0.2, -0.15) is 5.10 Å². The van der Waals surface area contributed by atoms with E-state index in [-0.39, 0.29) is 0 Å². The SMILES string of the molecule is CNCC(C)Cc1c(C)nn(Cc2ccc(Br)cc2)c1C. The lowest BCUT2D eigenvalue weighted by atomic mass is 9.99. The van der Waals surface area contributed by atoms with E-state index < -0.39 is 0 Å². The minimum Gasteiger partial charge on any atom is -0.319 e. The Labute approximate surface area is 135 Å². The molecule has 1 heterocycles. The second-order valence-electron chi connectivity index (χ2n) is 5.80. The topological polar surface area (TPSA) is 29.9 Å². The molecule has 0 spiro atoms. The molecule has 114 valence electrons. The Bertz CT molecular complexity index is 587. The van der Waals surface area contributed by atoms with Crippen molar-refractivity contribution >= 4 is 15.9 Å². The Kier molecular flexibility index (Phi) is 5.59. The summed E-state index contributed by atoms with van der Waals surface area (Å²) in [5, 5.41) is 7.97. The van der Waals surface area contributed by atoms with Crippen LogP contribution in [0.3, 0.4) is 0 Å². The second kappa shape index (κ2) is 7.23. The number of rotatable bonds is 6. The zero-order chi connectivity index (χ0) is 15.4. The summed E-state index contributed by atoms with van der Waals surface area (Å²) in [4.78, 5) is 0.